The number of rotatable bonds is 5. The second-order valence-electron chi connectivity index (χ2n) is 8.51. The molecule has 2 amide bonds. The number of hydrogen-bond acceptors (Lipinski definition) is 2. The van der Waals surface area contributed by atoms with E-state index >= 15 is 0 Å². The molecule has 162 valence electrons. The smallest absolute Gasteiger partial charge is 0.246 e. The number of halogens is 1. The van der Waals surface area contributed by atoms with E-state index in [0.717, 1.165) is 30.5 Å². The van der Waals surface area contributed by atoms with Gasteiger partial charge in [0.15, 0.2) is 0 Å². The molecule has 5 heteroatoms. The fraction of sp³-hybridized carbons (Fsp3) is 0.385. The Morgan fingerprint density at radius 1 is 0.968 bits per heavy atom. The van der Waals surface area contributed by atoms with Crippen molar-refractivity contribution in [2.75, 3.05) is 19.6 Å². The van der Waals surface area contributed by atoms with Gasteiger partial charge in [-0.3, -0.25) is 9.59 Å². The molecule has 4 rings (SSSR count). The highest BCUT2D eigenvalue weighted by atomic mass is 19.1. The average Bonchev–Trinajstić information content (AvgIpc) is 3.26. The number of amides is 2. The van der Waals surface area contributed by atoms with Gasteiger partial charge in [0.25, 0.3) is 0 Å². The maximum absolute atomic E-state index is 13.5. The van der Waals surface area contributed by atoms with Gasteiger partial charge in [0.2, 0.25) is 11.8 Å². The lowest BCUT2D eigenvalue weighted by Gasteiger charge is -2.34. The van der Waals surface area contributed by atoms with Gasteiger partial charge in [-0.15, -0.1) is 0 Å². The third-order valence-electron chi connectivity index (χ3n) is 6.39. The number of benzene rings is 2. The van der Waals surface area contributed by atoms with Crippen molar-refractivity contribution >= 4 is 17.9 Å². The third kappa shape index (κ3) is 5.40. The summed E-state index contributed by atoms with van der Waals surface area (Å²) < 4.78 is 13.5. The van der Waals surface area contributed by atoms with E-state index in [2.05, 4.69) is 0 Å². The number of piperidine rings is 1. The molecular weight excluding hydrogens is 391 g/mol. The summed E-state index contributed by atoms with van der Waals surface area (Å²) in [6, 6.07) is 16.6. The zero-order valence-electron chi connectivity index (χ0n) is 17.8. The van der Waals surface area contributed by atoms with Gasteiger partial charge in [-0.05, 0) is 61.4 Å². The van der Waals surface area contributed by atoms with Gasteiger partial charge >= 0.3 is 0 Å². The van der Waals surface area contributed by atoms with Gasteiger partial charge < -0.3 is 9.80 Å². The van der Waals surface area contributed by atoms with E-state index in [-0.39, 0.29) is 29.6 Å². The van der Waals surface area contributed by atoms with Crippen molar-refractivity contribution in [1.82, 2.24) is 9.80 Å². The maximum atomic E-state index is 13.5. The van der Waals surface area contributed by atoms with Gasteiger partial charge in [-0.1, -0.05) is 42.5 Å². The molecule has 2 fully saturated rings. The summed E-state index contributed by atoms with van der Waals surface area (Å²) >= 11 is 0. The van der Waals surface area contributed by atoms with Crippen molar-refractivity contribution in [2.45, 2.75) is 38.1 Å². The van der Waals surface area contributed by atoms with Crippen molar-refractivity contribution in [3.8, 4) is 0 Å². The summed E-state index contributed by atoms with van der Waals surface area (Å²) in [7, 11) is 0. The molecule has 2 aliphatic heterocycles. The minimum absolute atomic E-state index is 0.0000877. The molecule has 1 atom stereocenters. The molecule has 0 aliphatic carbocycles. The normalized spacial score (nSPS) is 19.8. The number of nitrogens with zero attached hydrogens (tertiary/aromatic N) is 2. The predicted molar refractivity (Wildman–Crippen MR) is 120 cm³/mol. The van der Waals surface area contributed by atoms with Gasteiger partial charge in [0, 0.05) is 37.7 Å². The van der Waals surface area contributed by atoms with Crippen LogP contribution in [-0.4, -0.2) is 47.3 Å². The fourth-order valence-corrected chi connectivity index (χ4v) is 4.69. The summed E-state index contributed by atoms with van der Waals surface area (Å²) in [5.74, 6) is -0.0623. The highest BCUT2D eigenvalue weighted by Crippen LogP contribution is 2.27. The zero-order valence-corrected chi connectivity index (χ0v) is 17.8. The van der Waals surface area contributed by atoms with Crippen LogP contribution in [0.4, 0.5) is 4.39 Å². The van der Waals surface area contributed by atoms with Crippen LogP contribution in [0.1, 0.15) is 36.8 Å². The second kappa shape index (κ2) is 9.90. The van der Waals surface area contributed by atoms with E-state index in [9.17, 15) is 14.0 Å². The molecule has 0 bridgehead atoms. The van der Waals surface area contributed by atoms with Crippen LogP contribution in [0.2, 0.25) is 0 Å². The van der Waals surface area contributed by atoms with E-state index < -0.39 is 0 Å². The molecule has 4 nitrogen and oxygen atoms in total. The molecule has 0 spiro atoms. The summed E-state index contributed by atoms with van der Waals surface area (Å²) in [5, 5.41) is 0. The van der Waals surface area contributed by atoms with Gasteiger partial charge in [0.1, 0.15) is 5.82 Å². The minimum Gasteiger partial charge on any atom is -0.339 e. The topological polar surface area (TPSA) is 40.6 Å². The van der Waals surface area contributed by atoms with Gasteiger partial charge in [0.05, 0.1) is 0 Å². The highest BCUT2D eigenvalue weighted by Gasteiger charge is 2.35. The first-order valence-corrected chi connectivity index (χ1v) is 11.2. The molecule has 2 aromatic rings. The molecule has 2 saturated heterocycles. The van der Waals surface area contributed by atoms with Gasteiger partial charge in [-0.2, -0.15) is 0 Å². The number of hydrogen-bond donors (Lipinski definition) is 0. The van der Waals surface area contributed by atoms with E-state index in [1.54, 1.807) is 18.2 Å². The second-order valence-corrected chi connectivity index (χ2v) is 8.51. The Morgan fingerprint density at radius 2 is 1.74 bits per heavy atom. The molecule has 2 aliphatic rings. The highest BCUT2D eigenvalue weighted by molar-refractivity contribution is 5.92. The zero-order chi connectivity index (χ0) is 21.6. The largest absolute Gasteiger partial charge is 0.339 e. The van der Waals surface area contributed by atoms with E-state index in [1.165, 1.54) is 6.07 Å². The van der Waals surface area contributed by atoms with Crippen molar-refractivity contribution in [1.29, 1.82) is 0 Å². The number of carbonyl (C=O) groups excluding carboxylic acids is 2. The molecule has 0 N–H and O–H groups in total. The predicted octanol–water partition coefficient (Wildman–Crippen LogP) is 4.31. The molecule has 0 radical (unpaired) electrons. The van der Waals surface area contributed by atoms with Crippen LogP contribution in [0.25, 0.3) is 6.08 Å². The standard InChI is InChI=1S/C26H29FN2O2/c27-23-9-4-8-21(18-23)19-24-10-5-15-29(24)26(31)22-13-16-28(17-14-22)25(30)12-11-20-6-2-1-3-7-20/h1-4,6-9,11-12,18,22,24H,5,10,13-17,19H2. The number of likely N-dealkylation sites (tertiary alicyclic amines) is 2. The van der Waals surface area contributed by atoms with Gasteiger partial charge in [-0.25, -0.2) is 4.39 Å². The average molecular weight is 421 g/mol. The molecular formula is C26H29FN2O2. The Morgan fingerprint density at radius 3 is 2.48 bits per heavy atom. The van der Waals surface area contributed by atoms with Crippen LogP contribution in [-0.2, 0) is 16.0 Å². The Bertz CT molecular complexity index is 935. The molecule has 1 unspecified atom stereocenters. The van der Waals surface area contributed by atoms with Crippen molar-refractivity contribution < 1.29 is 14.0 Å². The third-order valence-corrected chi connectivity index (χ3v) is 6.39. The Labute approximate surface area is 183 Å². The minimum atomic E-state index is -0.230. The molecule has 0 aromatic heterocycles. The fourth-order valence-electron chi connectivity index (χ4n) is 4.69. The lowest BCUT2D eigenvalue weighted by Crippen LogP contribution is -2.45. The van der Waals surface area contributed by atoms with Crippen molar-refractivity contribution in [3.63, 3.8) is 0 Å². The van der Waals surface area contributed by atoms with E-state index in [4.69, 9.17) is 0 Å². The Kier molecular flexibility index (Phi) is 6.80. The SMILES string of the molecule is O=C(C=Cc1ccccc1)N1CCC(C(=O)N2CCCC2Cc2cccc(F)c2)CC1. The van der Waals surface area contributed by atoms with E-state index in [0.29, 0.717) is 32.4 Å². The molecule has 31 heavy (non-hydrogen) atoms. The van der Waals surface area contributed by atoms with Crippen LogP contribution in [0, 0.1) is 11.7 Å². The first kappa shape index (κ1) is 21.3. The first-order chi connectivity index (χ1) is 15.1. The van der Waals surface area contributed by atoms with Crippen LogP contribution in [0.3, 0.4) is 0 Å². The molecule has 0 saturated carbocycles. The maximum Gasteiger partial charge on any atom is 0.246 e. The monoisotopic (exact) mass is 420 g/mol. The summed E-state index contributed by atoms with van der Waals surface area (Å²) in [6.45, 7) is 1.99. The lowest BCUT2D eigenvalue weighted by atomic mass is 9.94. The Hall–Kier alpha value is -2.95. The lowest BCUT2D eigenvalue weighted by molar-refractivity contribution is -0.140. The summed E-state index contributed by atoms with van der Waals surface area (Å²) in [6.07, 6.45) is 7.51. The van der Waals surface area contributed by atoms with Crippen LogP contribution in [0.5, 0.6) is 0 Å². The molecule has 2 heterocycles. The van der Waals surface area contributed by atoms with Crippen molar-refractivity contribution in [2.24, 2.45) is 5.92 Å². The summed E-state index contributed by atoms with van der Waals surface area (Å²) in [5.41, 5.74) is 1.94. The van der Waals surface area contributed by atoms with Crippen LogP contribution in [0.15, 0.2) is 60.7 Å². The van der Waals surface area contributed by atoms with Crippen LogP contribution < -0.4 is 0 Å². The van der Waals surface area contributed by atoms with E-state index in [1.807, 2.05) is 52.3 Å². The molecule has 2 aromatic carbocycles. The van der Waals surface area contributed by atoms with Crippen LogP contribution >= 0.6 is 0 Å². The summed E-state index contributed by atoms with van der Waals surface area (Å²) in [4.78, 5) is 29.5. The Balaban J connectivity index is 1.30. The number of carbonyl (C=O) groups is 2. The quantitative estimate of drug-likeness (QED) is 0.677. The van der Waals surface area contributed by atoms with Crippen molar-refractivity contribution in [3.05, 3.63) is 77.6 Å². The first-order valence-electron chi connectivity index (χ1n) is 11.2.